The first-order chi connectivity index (χ1) is 9.47. The van der Waals surface area contributed by atoms with Crippen molar-refractivity contribution >= 4 is 29.8 Å². The van der Waals surface area contributed by atoms with Crippen molar-refractivity contribution in [2.75, 3.05) is 0 Å². The van der Waals surface area contributed by atoms with Gasteiger partial charge in [-0.15, -0.1) is 0 Å². The number of rotatable bonds is 6. The molecule has 0 radical (unpaired) electrons. The second-order valence-electron chi connectivity index (χ2n) is 3.35. The van der Waals surface area contributed by atoms with Crippen LogP contribution in [0, 0.1) is 0 Å². The van der Waals surface area contributed by atoms with E-state index in [0.29, 0.717) is 12.2 Å². The molecule has 0 aromatic heterocycles. The van der Waals surface area contributed by atoms with Crippen molar-refractivity contribution in [1.29, 1.82) is 0 Å². The van der Waals surface area contributed by atoms with Gasteiger partial charge in [-0.25, -0.2) is 19.2 Å². The molecule has 0 aliphatic carbocycles. The highest BCUT2D eigenvalue weighted by molar-refractivity contribution is 5.98. The summed E-state index contributed by atoms with van der Waals surface area (Å²) < 4.78 is 0. The van der Waals surface area contributed by atoms with Gasteiger partial charge in [0.2, 0.25) is 0 Å². The fourth-order valence-corrected chi connectivity index (χ4v) is 0.747. The van der Waals surface area contributed by atoms with Gasteiger partial charge in [-0.3, -0.25) is 4.79 Å². The zero-order valence-electron chi connectivity index (χ0n) is 10.6. The third-order valence-electron chi connectivity index (χ3n) is 1.59. The van der Waals surface area contributed by atoms with Gasteiger partial charge in [-0.05, 0) is 6.92 Å². The average molecular weight is 304 g/mol. The molecule has 21 heavy (non-hydrogen) atoms. The van der Waals surface area contributed by atoms with Crippen LogP contribution in [-0.4, -0.2) is 55.4 Å². The molecule has 0 aliphatic rings. The van der Waals surface area contributed by atoms with E-state index in [1.807, 2.05) is 0 Å². The maximum atomic E-state index is 10.2. The molecule has 10 nitrogen and oxygen atoms in total. The largest absolute Gasteiger partial charge is 0.481 e. The lowest BCUT2D eigenvalue weighted by molar-refractivity contribution is -0.140. The lowest BCUT2D eigenvalue weighted by atomic mass is 10.2. The normalized spacial score (nSPS) is 10.9. The second kappa shape index (κ2) is 9.72. The maximum absolute atomic E-state index is 10.2. The summed E-state index contributed by atoms with van der Waals surface area (Å²) in [5.74, 6) is -6.86. The molecule has 0 fully saturated rings. The van der Waals surface area contributed by atoms with E-state index >= 15 is 0 Å². The Balaban J connectivity index is 0. The van der Waals surface area contributed by atoms with Crippen LogP contribution >= 0.6 is 0 Å². The molecule has 5 N–H and O–H groups in total. The molecule has 0 unspecified atom stereocenters. The number of carbonyl (C=O) groups is 5. The minimum Gasteiger partial charge on any atom is -0.481 e. The Morgan fingerprint density at radius 1 is 0.762 bits per heavy atom. The zero-order chi connectivity index (χ0) is 17.2. The van der Waals surface area contributed by atoms with Gasteiger partial charge in [0.1, 0.15) is 0 Å². The number of carboxylic acids is 5. The Hall–Kier alpha value is -3.17. The van der Waals surface area contributed by atoms with Crippen LogP contribution in [0.3, 0.4) is 0 Å². The molecule has 0 saturated heterocycles. The first-order valence-corrected chi connectivity index (χ1v) is 5.00. The van der Waals surface area contributed by atoms with E-state index in [4.69, 9.17) is 25.5 Å². The Kier molecular flexibility index (Phi) is 9.33. The number of carboxylic acid groups (broad SMARTS) is 5. The van der Waals surface area contributed by atoms with Crippen LogP contribution in [0.2, 0.25) is 0 Å². The van der Waals surface area contributed by atoms with Crippen molar-refractivity contribution in [3.63, 3.8) is 0 Å². The molecule has 0 amide bonds. The molecule has 0 atom stereocenters. The quantitative estimate of drug-likeness (QED) is 0.406. The topological polar surface area (TPSA) is 186 Å². The van der Waals surface area contributed by atoms with E-state index in [1.54, 1.807) is 0 Å². The fraction of sp³-hybridized carbons (Fsp3) is 0.182. The Bertz CT molecular complexity index is 511. The molecule has 0 heterocycles. The predicted molar refractivity (Wildman–Crippen MR) is 64.6 cm³/mol. The summed E-state index contributed by atoms with van der Waals surface area (Å²) in [5.41, 5.74) is -0.836. The van der Waals surface area contributed by atoms with Gasteiger partial charge in [-0.2, -0.15) is 0 Å². The molecule has 0 aliphatic heterocycles. The number of hydrogen-bond acceptors (Lipinski definition) is 5. The Morgan fingerprint density at radius 2 is 1.19 bits per heavy atom. The van der Waals surface area contributed by atoms with Crippen molar-refractivity contribution in [1.82, 2.24) is 0 Å². The minimum absolute atomic E-state index is 0.178. The van der Waals surface area contributed by atoms with Crippen molar-refractivity contribution in [3.05, 3.63) is 23.3 Å². The van der Waals surface area contributed by atoms with Crippen molar-refractivity contribution in [3.8, 4) is 0 Å². The summed E-state index contributed by atoms with van der Waals surface area (Å²) in [6.07, 6.45) is 0.195. The van der Waals surface area contributed by atoms with Gasteiger partial charge in [0, 0.05) is 17.7 Å². The van der Waals surface area contributed by atoms with Crippen molar-refractivity contribution < 1.29 is 49.5 Å². The summed E-state index contributed by atoms with van der Waals surface area (Å²) in [4.78, 5) is 49.8. The molecular weight excluding hydrogens is 292 g/mol. The predicted octanol–water partition coefficient (Wildman–Crippen LogP) is -0.341. The fourth-order valence-electron chi connectivity index (χ4n) is 0.747. The van der Waals surface area contributed by atoms with Crippen LogP contribution in [0.5, 0.6) is 0 Å². The summed E-state index contributed by atoms with van der Waals surface area (Å²) in [5, 5.41) is 40.6. The van der Waals surface area contributed by atoms with Crippen molar-refractivity contribution in [2.24, 2.45) is 0 Å². The highest BCUT2D eigenvalue weighted by atomic mass is 16.4. The summed E-state index contributed by atoms with van der Waals surface area (Å²) >= 11 is 0. The third kappa shape index (κ3) is 13.1. The van der Waals surface area contributed by atoms with E-state index in [0.717, 1.165) is 0 Å². The van der Waals surface area contributed by atoms with Gasteiger partial charge < -0.3 is 25.5 Å². The Labute approximate surface area is 117 Å². The molecule has 0 aromatic rings. The summed E-state index contributed by atoms with van der Waals surface area (Å²) in [6, 6.07) is 0. The van der Waals surface area contributed by atoms with Gasteiger partial charge in [0.05, 0.1) is 12.0 Å². The minimum atomic E-state index is -1.54. The zero-order valence-corrected chi connectivity index (χ0v) is 10.6. The van der Waals surface area contributed by atoms with Crippen LogP contribution in [0.25, 0.3) is 0 Å². The van der Waals surface area contributed by atoms with E-state index in [9.17, 15) is 24.0 Å². The average Bonchev–Trinajstić information content (AvgIpc) is 2.26. The molecule has 0 spiro atoms. The first-order valence-electron chi connectivity index (χ1n) is 5.00. The highest BCUT2D eigenvalue weighted by Gasteiger charge is 2.12. The lowest BCUT2D eigenvalue weighted by Gasteiger charge is -1.94. The van der Waals surface area contributed by atoms with Crippen LogP contribution in [0.4, 0.5) is 0 Å². The summed E-state index contributed by atoms with van der Waals surface area (Å²) in [7, 11) is 0. The molecule has 0 aromatic carbocycles. The van der Waals surface area contributed by atoms with Crippen LogP contribution in [0.15, 0.2) is 23.3 Å². The lowest BCUT2D eigenvalue weighted by Crippen LogP contribution is -2.08. The molecular formula is C11H12O10. The van der Waals surface area contributed by atoms with Gasteiger partial charge >= 0.3 is 29.8 Å². The third-order valence-corrected chi connectivity index (χ3v) is 1.59. The standard InChI is InChI=1S/C6H6O6.C5H6O4/c7-4(8)1-3(6(11)12)2-5(9)10;1-3(5(8)9)2-4(6)7/h1H,2H2,(H,7,8)(H,9,10)(H,11,12);2H,1H3,(H,6,7)(H,8,9). The van der Waals surface area contributed by atoms with Crippen molar-refractivity contribution in [2.45, 2.75) is 13.3 Å². The SMILES string of the molecule is CC(=CC(=O)O)C(=O)O.O=C(O)C=C(CC(=O)O)C(=O)O. The number of hydrogen-bond donors (Lipinski definition) is 5. The highest BCUT2D eigenvalue weighted by Crippen LogP contribution is 2.00. The van der Waals surface area contributed by atoms with Crippen LogP contribution < -0.4 is 0 Å². The second-order valence-corrected chi connectivity index (χ2v) is 3.35. The van der Waals surface area contributed by atoms with E-state index < -0.39 is 41.8 Å². The van der Waals surface area contributed by atoms with E-state index in [2.05, 4.69) is 0 Å². The molecule has 0 saturated carbocycles. The molecule has 116 valence electrons. The summed E-state index contributed by atoms with van der Waals surface area (Å²) in [6.45, 7) is 1.22. The van der Waals surface area contributed by atoms with E-state index in [1.165, 1.54) is 6.92 Å². The Morgan fingerprint density at radius 3 is 1.38 bits per heavy atom. The smallest absolute Gasteiger partial charge is 0.332 e. The molecule has 10 heteroatoms. The van der Waals surface area contributed by atoms with Gasteiger partial charge in [0.15, 0.2) is 0 Å². The molecule has 0 bridgehead atoms. The van der Waals surface area contributed by atoms with Crippen LogP contribution in [0.1, 0.15) is 13.3 Å². The van der Waals surface area contributed by atoms with Gasteiger partial charge in [0.25, 0.3) is 0 Å². The maximum Gasteiger partial charge on any atom is 0.332 e. The molecule has 0 rings (SSSR count). The first kappa shape index (κ1) is 20.2. The van der Waals surface area contributed by atoms with Gasteiger partial charge in [-0.1, -0.05) is 0 Å². The van der Waals surface area contributed by atoms with E-state index in [-0.39, 0.29) is 5.57 Å². The monoisotopic (exact) mass is 304 g/mol. The number of aliphatic carboxylic acids is 5. The van der Waals surface area contributed by atoms with Crippen LogP contribution in [-0.2, 0) is 24.0 Å².